The average Bonchev–Trinajstić information content (AvgIpc) is 2.66. The van der Waals surface area contributed by atoms with Gasteiger partial charge in [0.15, 0.2) is 0 Å². The lowest BCUT2D eigenvalue weighted by atomic mass is 10.1. The molecule has 0 fully saturated rings. The Kier molecular flexibility index (Phi) is 7.41. The number of nitrogens with one attached hydrogen (secondary N) is 1. The number of halogens is 1. The van der Waals surface area contributed by atoms with E-state index in [-0.39, 0.29) is 24.0 Å². The lowest BCUT2D eigenvalue weighted by Crippen LogP contribution is -2.41. The van der Waals surface area contributed by atoms with Gasteiger partial charge in [0.05, 0.1) is 17.5 Å². The smallest absolute Gasteiger partial charge is 0.243 e. The van der Waals surface area contributed by atoms with Gasteiger partial charge in [0.1, 0.15) is 5.82 Å². The summed E-state index contributed by atoms with van der Waals surface area (Å²) < 4.78 is 39.4. The highest BCUT2D eigenvalue weighted by Crippen LogP contribution is 2.19. The van der Waals surface area contributed by atoms with E-state index in [9.17, 15) is 17.6 Å². The third-order valence-corrected chi connectivity index (χ3v) is 6.80. The summed E-state index contributed by atoms with van der Waals surface area (Å²) in [4.78, 5) is 13.5. The minimum absolute atomic E-state index is 0.0424. The monoisotopic (exact) mass is 410 g/mol. The van der Waals surface area contributed by atoms with Crippen LogP contribution in [0.5, 0.6) is 0 Å². The number of sulfonamides is 1. The van der Waals surface area contributed by atoms with Gasteiger partial charge in [-0.15, -0.1) is 11.8 Å². The van der Waals surface area contributed by atoms with Crippen molar-refractivity contribution in [1.29, 1.82) is 0 Å². The van der Waals surface area contributed by atoms with Crippen LogP contribution in [0.1, 0.15) is 25.5 Å². The normalized spacial score (nSPS) is 12.8. The summed E-state index contributed by atoms with van der Waals surface area (Å²) in [5.41, 5.74) is 0.936. The van der Waals surface area contributed by atoms with Crippen molar-refractivity contribution in [3.63, 3.8) is 0 Å². The molecule has 0 aliphatic rings. The second-order valence-corrected chi connectivity index (χ2v) is 8.77. The third kappa shape index (κ3) is 5.54. The predicted octanol–water partition coefficient (Wildman–Crippen LogP) is 3.44. The molecule has 0 spiro atoms. The molecule has 0 aliphatic carbocycles. The number of hydrogen-bond donors (Lipinski definition) is 1. The van der Waals surface area contributed by atoms with E-state index in [2.05, 4.69) is 5.32 Å². The van der Waals surface area contributed by atoms with Gasteiger partial charge in [-0.1, -0.05) is 19.1 Å². The first kappa shape index (κ1) is 21.4. The first-order valence-electron chi connectivity index (χ1n) is 8.47. The quantitative estimate of drug-likeness (QED) is 0.677. The van der Waals surface area contributed by atoms with E-state index in [1.54, 1.807) is 18.7 Å². The summed E-state index contributed by atoms with van der Waals surface area (Å²) in [6, 6.07) is 12.1. The molecule has 0 aromatic heterocycles. The minimum atomic E-state index is -3.87. The Morgan fingerprint density at radius 1 is 1.15 bits per heavy atom. The SMILES string of the molecule is CCN(CC(=O)N[C@@H](C)c1ccc(SC)cc1)S(=O)(=O)c1ccc(F)cc1. The number of carbonyl (C=O) groups excluding carboxylic acids is 1. The zero-order valence-corrected chi connectivity index (χ0v) is 17.1. The molecule has 2 aromatic rings. The number of benzene rings is 2. The minimum Gasteiger partial charge on any atom is -0.348 e. The molecule has 2 rings (SSSR count). The van der Waals surface area contributed by atoms with E-state index in [0.717, 1.165) is 26.9 Å². The highest BCUT2D eigenvalue weighted by Gasteiger charge is 2.25. The van der Waals surface area contributed by atoms with Crippen LogP contribution in [0.15, 0.2) is 58.3 Å². The number of thioether (sulfide) groups is 1. The van der Waals surface area contributed by atoms with E-state index in [1.807, 2.05) is 37.4 Å². The van der Waals surface area contributed by atoms with Gasteiger partial charge in [-0.3, -0.25) is 4.79 Å². The highest BCUT2D eigenvalue weighted by molar-refractivity contribution is 7.98. The van der Waals surface area contributed by atoms with Gasteiger partial charge < -0.3 is 5.32 Å². The van der Waals surface area contributed by atoms with Gasteiger partial charge in [0, 0.05) is 11.4 Å². The van der Waals surface area contributed by atoms with Crippen LogP contribution in [-0.2, 0) is 14.8 Å². The van der Waals surface area contributed by atoms with Gasteiger partial charge in [-0.25, -0.2) is 12.8 Å². The number of nitrogens with zero attached hydrogens (tertiary/aromatic N) is 1. The molecular weight excluding hydrogens is 387 g/mol. The standard InChI is InChI=1S/C19H23FN2O3S2/c1-4-22(27(24,25)18-11-7-16(20)8-12-18)13-19(23)21-14(2)15-5-9-17(26-3)10-6-15/h5-12,14H,4,13H2,1-3H3,(H,21,23)/t14-/m0/s1. The maximum Gasteiger partial charge on any atom is 0.243 e. The van der Waals surface area contributed by atoms with Crippen molar-refractivity contribution < 1.29 is 17.6 Å². The molecule has 0 saturated heterocycles. The van der Waals surface area contributed by atoms with Crippen LogP contribution in [0, 0.1) is 5.82 Å². The van der Waals surface area contributed by atoms with Gasteiger partial charge in [0.2, 0.25) is 15.9 Å². The van der Waals surface area contributed by atoms with Crippen molar-refractivity contribution in [3.8, 4) is 0 Å². The molecular formula is C19H23FN2O3S2. The molecule has 1 atom stereocenters. The summed E-state index contributed by atoms with van der Waals surface area (Å²) in [7, 11) is -3.87. The van der Waals surface area contributed by atoms with E-state index >= 15 is 0 Å². The molecule has 27 heavy (non-hydrogen) atoms. The fourth-order valence-electron chi connectivity index (χ4n) is 2.55. The van der Waals surface area contributed by atoms with Crippen LogP contribution < -0.4 is 5.32 Å². The largest absolute Gasteiger partial charge is 0.348 e. The molecule has 2 aromatic carbocycles. The number of amides is 1. The van der Waals surface area contributed by atoms with Crippen molar-refractivity contribution >= 4 is 27.7 Å². The summed E-state index contributed by atoms with van der Waals surface area (Å²) in [6.45, 7) is 3.32. The second-order valence-electron chi connectivity index (χ2n) is 5.95. The number of rotatable bonds is 8. The van der Waals surface area contributed by atoms with Gasteiger partial charge in [-0.2, -0.15) is 4.31 Å². The fraction of sp³-hybridized carbons (Fsp3) is 0.316. The molecule has 0 heterocycles. The Hall–Kier alpha value is -1.90. The Labute approximate surface area is 164 Å². The van der Waals surface area contributed by atoms with E-state index in [4.69, 9.17) is 0 Å². The molecule has 0 saturated carbocycles. The molecule has 8 heteroatoms. The Balaban J connectivity index is 2.06. The van der Waals surface area contributed by atoms with Crippen LogP contribution in [0.25, 0.3) is 0 Å². The first-order valence-corrected chi connectivity index (χ1v) is 11.1. The summed E-state index contributed by atoms with van der Waals surface area (Å²) in [6.07, 6.45) is 1.99. The van der Waals surface area contributed by atoms with Gasteiger partial charge in [-0.05, 0) is 55.1 Å². The molecule has 0 bridgehead atoms. The Morgan fingerprint density at radius 3 is 2.26 bits per heavy atom. The third-order valence-electron chi connectivity index (χ3n) is 4.12. The number of carbonyl (C=O) groups is 1. The van der Waals surface area contributed by atoms with Crippen LogP contribution in [-0.4, -0.2) is 38.0 Å². The van der Waals surface area contributed by atoms with E-state index in [0.29, 0.717) is 0 Å². The van der Waals surface area contributed by atoms with Crippen molar-refractivity contribution in [2.75, 3.05) is 19.3 Å². The van der Waals surface area contributed by atoms with Crippen LogP contribution in [0.2, 0.25) is 0 Å². The average molecular weight is 411 g/mol. The van der Waals surface area contributed by atoms with Crippen LogP contribution in [0.4, 0.5) is 4.39 Å². The molecule has 0 aliphatic heterocycles. The highest BCUT2D eigenvalue weighted by atomic mass is 32.2. The fourth-order valence-corrected chi connectivity index (χ4v) is 4.36. The van der Waals surface area contributed by atoms with E-state index in [1.165, 1.54) is 12.1 Å². The molecule has 1 N–H and O–H groups in total. The lowest BCUT2D eigenvalue weighted by molar-refractivity contribution is -0.121. The number of likely N-dealkylation sites (N-methyl/N-ethyl adjacent to an activating group) is 1. The molecule has 0 radical (unpaired) electrons. The van der Waals surface area contributed by atoms with Crippen molar-refractivity contribution in [2.45, 2.75) is 29.7 Å². The zero-order valence-electron chi connectivity index (χ0n) is 15.5. The maximum atomic E-state index is 13.0. The van der Waals surface area contributed by atoms with Crippen molar-refractivity contribution in [3.05, 3.63) is 59.9 Å². The van der Waals surface area contributed by atoms with Crippen LogP contribution >= 0.6 is 11.8 Å². The van der Waals surface area contributed by atoms with Crippen LogP contribution in [0.3, 0.4) is 0 Å². The second kappa shape index (κ2) is 9.34. The Bertz CT molecular complexity index is 869. The van der Waals surface area contributed by atoms with Crippen molar-refractivity contribution in [2.24, 2.45) is 0 Å². The number of hydrogen-bond acceptors (Lipinski definition) is 4. The zero-order chi connectivity index (χ0) is 20.0. The lowest BCUT2D eigenvalue weighted by Gasteiger charge is -2.22. The first-order chi connectivity index (χ1) is 12.8. The summed E-state index contributed by atoms with van der Waals surface area (Å²) in [5.74, 6) is -0.917. The van der Waals surface area contributed by atoms with Gasteiger partial charge >= 0.3 is 0 Å². The molecule has 0 unspecified atom stereocenters. The molecule has 1 amide bonds. The van der Waals surface area contributed by atoms with Crippen molar-refractivity contribution in [1.82, 2.24) is 9.62 Å². The summed E-state index contributed by atoms with van der Waals surface area (Å²) in [5, 5.41) is 2.82. The molecule has 146 valence electrons. The van der Waals surface area contributed by atoms with Gasteiger partial charge in [0.25, 0.3) is 0 Å². The topological polar surface area (TPSA) is 66.5 Å². The predicted molar refractivity (Wildman–Crippen MR) is 106 cm³/mol. The van der Waals surface area contributed by atoms with E-state index < -0.39 is 21.7 Å². The maximum absolute atomic E-state index is 13.0. The Morgan fingerprint density at radius 2 is 1.74 bits per heavy atom. The molecule has 5 nitrogen and oxygen atoms in total. The summed E-state index contributed by atoms with van der Waals surface area (Å²) >= 11 is 1.63.